The van der Waals surface area contributed by atoms with Gasteiger partial charge in [0.05, 0.1) is 5.69 Å². The molecule has 0 N–H and O–H groups in total. The van der Waals surface area contributed by atoms with Gasteiger partial charge in [-0.25, -0.2) is 0 Å². The average molecular weight is 241 g/mol. The van der Waals surface area contributed by atoms with E-state index in [1.807, 2.05) is 38.2 Å². The Morgan fingerprint density at radius 2 is 1.73 bits per heavy atom. The normalized spacial score (nSPS) is 10.7. The lowest BCUT2D eigenvalue weighted by molar-refractivity contribution is 0.776. The van der Waals surface area contributed by atoms with Crippen molar-refractivity contribution in [3.8, 4) is 11.3 Å². The number of benzene rings is 1. The Morgan fingerprint density at radius 3 is 2.20 bits per heavy atom. The molecule has 2 rings (SSSR count). The van der Waals surface area contributed by atoms with Crippen molar-refractivity contribution < 1.29 is 0 Å². The zero-order valence-electron chi connectivity index (χ0n) is 8.46. The van der Waals surface area contributed by atoms with Crippen molar-refractivity contribution in [2.24, 2.45) is 7.05 Å². The van der Waals surface area contributed by atoms with Gasteiger partial charge in [-0.05, 0) is 19.1 Å². The SMILES string of the molecule is Cc1c(Cl)nn(C)c1-c1ccc(Cl)cc1. The van der Waals surface area contributed by atoms with Gasteiger partial charge in [0.1, 0.15) is 0 Å². The summed E-state index contributed by atoms with van der Waals surface area (Å²) in [6.45, 7) is 1.96. The maximum Gasteiger partial charge on any atom is 0.154 e. The monoisotopic (exact) mass is 240 g/mol. The van der Waals surface area contributed by atoms with Crippen LogP contribution in [0.1, 0.15) is 5.56 Å². The number of halogens is 2. The molecule has 15 heavy (non-hydrogen) atoms. The third-order valence-electron chi connectivity index (χ3n) is 2.34. The van der Waals surface area contributed by atoms with Crippen molar-refractivity contribution in [2.75, 3.05) is 0 Å². The van der Waals surface area contributed by atoms with Gasteiger partial charge in [-0.15, -0.1) is 0 Å². The molecule has 1 aromatic carbocycles. The van der Waals surface area contributed by atoms with Crippen molar-refractivity contribution in [1.82, 2.24) is 9.78 Å². The van der Waals surface area contributed by atoms with E-state index < -0.39 is 0 Å². The van der Waals surface area contributed by atoms with Crippen LogP contribution in [0.4, 0.5) is 0 Å². The molecule has 78 valence electrons. The predicted octanol–water partition coefficient (Wildman–Crippen LogP) is 3.70. The van der Waals surface area contributed by atoms with E-state index in [1.54, 1.807) is 4.68 Å². The van der Waals surface area contributed by atoms with Crippen LogP contribution in [0.15, 0.2) is 24.3 Å². The topological polar surface area (TPSA) is 17.8 Å². The molecule has 0 saturated carbocycles. The van der Waals surface area contributed by atoms with Crippen LogP contribution in [0.2, 0.25) is 10.2 Å². The van der Waals surface area contributed by atoms with Gasteiger partial charge in [-0.2, -0.15) is 5.10 Å². The van der Waals surface area contributed by atoms with Crippen LogP contribution in [0, 0.1) is 6.92 Å². The first-order valence-electron chi connectivity index (χ1n) is 4.54. The summed E-state index contributed by atoms with van der Waals surface area (Å²) in [5, 5.41) is 5.43. The molecule has 0 radical (unpaired) electrons. The first kappa shape index (κ1) is 10.5. The number of rotatable bonds is 1. The van der Waals surface area contributed by atoms with Crippen molar-refractivity contribution in [2.45, 2.75) is 6.92 Å². The van der Waals surface area contributed by atoms with Crippen molar-refractivity contribution in [1.29, 1.82) is 0 Å². The van der Waals surface area contributed by atoms with E-state index in [1.165, 1.54) is 0 Å². The molecule has 0 saturated heterocycles. The van der Waals surface area contributed by atoms with E-state index in [4.69, 9.17) is 23.2 Å². The first-order chi connectivity index (χ1) is 7.09. The highest BCUT2D eigenvalue weighted by Gasteiger charge is 2.11. The lowest BCUT2D eigenvalue weighted by Crippen LogP contribution is -1.93. The van der Waals surface area contributed by atoms with Crippen molar-refractivity contribution in [3.63, 3.8) is 0 Å². The summed E-state index contributed by atoms with van der Waals surface area (Å²) in [5.41, 5.74) is 3.08. The Morgan fingerprint density at radius 1 is 1.13 bits per heavy atom. The van der Waals surface area contributed by atoms with Gasteiger partial charge in [-0.1, -0.05) is 35.3 Å². The quantitative estimate of drug-likeness (QED) is 0.744. The van der Waals surface area contributed by atoms with Gasteiger partial charge in [0.2, 0.25) is 0 Å². The Hall–Kier alpha value is -0.990. The van der Waals surface area contributed by atoms with E-state index in [9.17, 15) is 0 Å². The van der Waals surface area contributed by atoms with Crippen LogP contribution in [-0.2, 0) is 7.05 Å². The van der Waals surface area contributed by atoms with Crippen LogP contribution in [-0.4, -0.2) is 9.78 Å². The van der Waals surface area contributed by atoms with Gasteiger partial charge in [-0.3, -0.25) is 4.68 Å². The third-order valence-corrected chi connectivity index (χ3v) is 2.95. The maximum atomic E-state index is 5.96. The molecule has 0 aliphatic carbocycles. The third kappa shape index (κ3) is 1.87. The molecule has 2 aromatic rings. The molecule has 1 aromatic heterocycles. The number of aromatic nitrogens is 2. The minimum Gasteiger partial charge on any atom is -0.266 e. The molecule has 0 bridgehead atoms. The first-order valence-corrected chi connectivity index (χ1v) is 5.30. The Bertz CT molecular complexity index is 486. The number of aryl methyl sites for hydroxylation is 1. The van der Waals surface area contributed by atoms with Gasteiger partial charge in [0.25, 0.3) is 0 Å². The van der Waals surface area contributed by atoms with E-state index in [2.05, 4.69) is 5.10 Å². The summed E-state index contributed by atoms with van der Waals surface area (Å²) in [4.78, 5) is 0. The molecular formula is C11H10Cl2N2. The zero-order valence-corrected chi connectivity index (χ0v) is 9.97. The molecule has 1 heterocycles. The minimum atomic E-state index is 0.544. The second-order valence-electron chi connectivity index (χ2n) is 3.39. The van der Waals surface area contributed by atoms with Crippen LogP contribution in [0.25, 0.3) is 11.3 Å². The van der Waals surface area contributed by atoms with Gasteiger partial charge < -0.3 is 0 Å². The minimum absolute atomic E-state index is 0.544. The van der Waals surface area contributed by atoms with Gasteiger partial charge in [0.15, 0.2) is 5.15 Å². The number of nitrogens with zero attached hydrogens (tertiary/aromatic N) is 2. The van der Waals surface area contributed by atoms with E-state index >= 15 is 0 Å². The fourth-order valence-corrected chi connectivity index (χ4v) is 1.94. The lowest BCUT2D eigenvalue weighted by Gasteiger charge is -2.03. The van der Waals surface area contributed by atoms with Crippen LogP contribution in [0.3, 0.4) is 0 Å². The second kappa shape index (κ2) is 3.87. The van der Waals surface area contributed by atoms with Crippen molar-refractivity contribution >= 4 is 23.2 Å². The second-order valence-corrected chi connectivity index (χ2v) is 4.19. The van der Waals surface area contributed by atoms with E-state index in [0.717, 1.165) is 21.8 Å². The molecular weight excluding hydrogens is 231 g/mol. The predicted molar refractivity (Wildman–Crippen MR) is 63.4 cm³/mol. The summed E-state index contributed by atoms with van der Waals surface area (Å²) in [6, 6.07) is 7.64. The fraction of sp³-hybridized carbons (Fsp3) is 0.182. The number of hydrogen-bond acceptors (Lipinski definition) is 1. The van der Waals surface area contributed by atoms with Crippen molar-refractivity contribution in [3.05, 3.63) is 40.0 Å². The molecule has 0 unspecified atom stereocenters. The van der Waals surface area contributed by atoms with E-state index in [0.29, 0.717) is 5.15 Å². The highest BCUT2D eigenvalue weighted by atomic mass is 35.5. The molecule has 4 heteroatoms. The van der Waals surface area contributed by atoms with Gasteiger partial charge in [0, 0.05) is 23.2 Å². The number of hydrogen-bond donors (Lipinski definition) is 0. The molecule has 2 nitrogen and oxygen atoms in total. The average Bonchev–Trinajstić information content (AvgIpc) is 2.44. The molecule has 0 aliphatic heterocycles. The van der Waals surface area contributed by atoms with Gasteiger partial charge >= 0.3 is 0 Å². The van der Waals surface area contributed by atoms with Crippen LogP contribution >= 0.6 is 23.2 Å². The summed E-state index contributed by atoms with van der Waals surface area (Å²) < 4.78 is 1.78. The standard InChI is InChI=1S/C11H10Cl2N2/c1-7-10(15(2)14-11(7)13)8-3-5-9(12)6-4-8/h3-6H,1-2H3. The highest BCUT2D eigenvalue weighted by Crippen LogP contribution is 2.28. The maximum absolute atomic E-state index is 5.96. The molecule has 0 atom stereocenters. The molecule has 0 fully saturated rings. The Balaban J connectivity index is 2.58. The fourth-order valence-electron chi connectivity index (χ4n) is 1.61. The largest absolute Gasteiger partial charge is 0.266 e. The molecule has 0 amide bonds. The summed E-state index contributed by atoms with van der Waals surface area (Å²) in [6.07, 6.45) is 0. The zero-order chi connectivity index (χ0) is 11.0. The summed E-state index contributed by atoms with van der Waals surface area (Å²) >= 11 is 11.8. The smallest absolute Gasteiger partial charge is 0.154 e. The summed E-state index contributed by atoms with van der Waals surface area (Å²) in [5.74, 6) is 0. The summed E-state index contributed by atoms with van der Waals surface area (Å²) in [7, 11) is 1.88. The van der Waals surface area contributed by atoms with Crippen LogP contribution in [0.5, 0.6) is 0 Å². The lowest BCUT2D eigenvalue weighted by atomic mass is 10.1. The molecule has 0 spiro atoms. The highest BCUT2D eigenvalue weighted by molar-refractivity contribution is 6.31. The Kier molecular flexibility index (Phi) is 2.72. The van der Waals surface area contributed by atoms with E-state index in [-0.39, 0.29) is 0 Å². The molecule has 0 aliphatic rings. The Labute approximate surface area is 98.4 Å². The van der Waals surface area contributed by atoms with Crippen LogP contribution < -0.4 is 0 Å².